The molecule has 0 spiro atoms. The van der Waals surface area contributed by atoms with Gasteiger partial charge in [-0.15, -0.1) is 0 Å². The van der Waals surface area contributed by atoms with E-state index in [2.05, 4.69) is 9.68 Å². The molecule has 1 aromatic heterocycles. The van der Waals surface area contributed by atoms with Crippen molar-refractivity contribution in [2.75, 3.05) is 5.73 Å². The average molecular weight is 154 g/mol. The Hall–Kier alpha value is -1.32. The highest BCUT2D eigenvalue weighted by atomic mass is 16.5. The van der Waals surface area contributed by atoms with Gasteiger partial charge in [0.1, 0.15) is 11.8 Å². The number of nitrogen functional groups attached to an aromatic ring is 1. The normalized spacial score (nSPS) is 10.5. The third-order valence-corrected chi connectivity index (χ3v) is 1.39. The van der Waals surface area contributed by atoms with E-state index in [4.69, 9.17) is 5.73 Å². The molecule has 0 aliphatic rings. The van der Waals surface area contributed by atoms with Crippen LogP contribution in [0.1, 0.15) is 24.2 Å². The Balaban J connectivity index is 2.93. The van der Waals surface area contributed by atoms with E-state index in [0.29, 0.717) is 5.56 Å². The van der Waals surface area contributed by atoms with Crippen molar-refractivity contribution in [1.29, 1.82) is 0 Å². The van der Waals surface area contributed by atoms with Crippen LogP contribution in [0.5, 0.6) is 0 Å². The van der Waals surface area contributed by atoms with Crippen LogP contribution >= 0.6 is 0 Å². The van der Waals surface area contributed by atoms with E-state index in [1.165, 1.54) is 6.26 Å². The van der Waals surface area contributed by atoms with Crippen molar-refractivity contribution in [3.05, 3.63) is 11.8 Å². The maximum Gasteiger partial charge on any atom is 0.177 e. The van der Waals surface area contributed by atoms with Crippen molar-refractivity contribution < 1.29 is 9.32 Å². The molecule has 1 heterocycles. The minimum atomic E-state index is -0.0725. The Bertz CT molecular complexity index is 265. The monoisotopic (exact) mass is 154 g/mol. The molecule has 0 saturated carbocycles. The molecule has 1 aromatic rings. The second-order valence-corrected chi connectivity index (χ2v) is 2.63. The third-order valence-electron chi connectivity index (χ3n) is 1.39. The number of nitrogens with two attached hydrogens (primary N) is 1. The standard InChI is InChI=1S/C7H10N2O2/c1-4(2)6(10)5-3-11-9-7(5)8/h3-4H,1-2H3,(H2,8,9). The van der Waals surface area contributed by atoms with Gasteiger partial charge in [0.05, 0.1) is 0 Å². The zero-order valence-electron chi connectivity index (χ0n) is 6.50. The molecule has 0 unspecified atom stereocenters. The Kier molecular flexibility index (Phi) is 1.94. The van der Waals surface area contributed by atoms with Crippen LogP contribution in [0.4, 0.5) is 5.82 Å². The van der Waals surface area contributed by atoms with Crippen LogP contribution in [0.15, 0.2) is 10.8 Å². The molecule has 0 radical (unpaired) electrons. The molecule has 0 aliphatic heterocycles. The molecule has 2 N–H and O–H groups in total. The molecule has 4 heteroatoms. The number of hydrogen-bond donors (Lipinski definition) is 1. The molecule has 0 amide bonds. The van der Waals surface area contributed by atoms with Crippen molar-refractivity contribution in [1.82, 2.24) is 5.16 Å². The van der Waals surface area contributed by atoms with Gasteiger partial charge in [-0.3, -0.25) is 4.79 Å². The highest BCUT2D eigenvalue weighted by Crippen LogP contribution is 2.13. The number of carbonyl (C=O) groups excluding carboxylic acids is 1. The first-order valence-corrected chi connectivity index (χ1v) is 3.37. The van der Waals surface area contributed by atoms with Gasteiger partial charge in [-0.25, -0.2) is 0 Å². The lowest BCUT2D eigenvalue weighted by molar-refractivity contribution is 0.0939. The molecule has 0 fully saturated rings. The largest absolute Gasteiger partial charge is 0.380 e. The Morgan fingerprint density at radius 3 is 2.73 bits per heavy atom. The first-order valence-electron chi connectivity index (χ1n) is 3.37. The highest BCUT2D eigenvalue weighted by Gasteiger charge is 2.16. The number of carbonyl (C=O) groups is 1. The number of Topliss-reactive ketones (excluding diaryl/α,β-unsaturated/α-hetero) is 1. The average Bonchev–Trinajstić information content (AvgIpc) is 2.33. The molecule has 0 atom stereocenters. The Morgan fingerprint density at radius 2 is 2.36 bits per heavy atom. The molecular weight excluding hydrogens is 144 g/mol. The van der Waals surface area contributed by atoms with Crippen LogP contribution < -0.4 is 5.73 Å². The summed E-state index contributed by atoms with van der Waals surface area (Å²) < 4.78 is 4.52. The van der Waals surface area contributed by atoms with Gasteiger partial charge in [0.15, 0.2) is 11.6 Å². The summed E-state index contributed by atoms with van der Waals surface area (Å²) in [5, 5.41) is 3.40. The molecule has 1 rings (SSSR count). The van der Waals surface area contributed by atoms with E-state index in [1.807, 2.05) is 0 Å². The third kappa shape index (κ3) is 1.39. The van der Waals surface area contributed by atoms with Crippen molar-refractivity contribution in [3.63, 3.8) is 0 Å². The van der Waals surface area contributed by atoms with Gasteiger partial charge in [-0.1, -0.05) is 19.0 Å². The van der Waals surface area contributed by atoms with E-state index in [1.54, 1.807) is 13.8 Å². The van der Waals surface area contributed by atoms with Crippen molar-refractivity contribution in [2.45, 2.75) is 13.8 Å². The smallest absolute Gasteiger partial charge is 0.177 e. The van der Waals surface area contributed by atoms with Gasteiger partial charge in [0.2, 0.25) is 0 Å². The lowest BCUT2D eigenvalue weighted by Gasteiger charge is -1.98. The summed E-state index contributed by atoms with van der Waals surface area (Å²) in [7, 11) is 0. The molecule has 60 valence electrons. The van der Waals surface area contributed by atoms with Crippen molar-refractivity contribution in [2.24, 2.45) is 5.92 Å². The lowest BCUT2D eigenvalue weighted by Crippen LogP contribution is -2.08. The van der Waals surface area contributed by atoms with E-state index in [9.17, 15) is 4.79 Å². The maximum atomic E-state index is 11.2. The molecule has 0 bridgehead atoms. The van der Waals surface area contributed by atoms with Crippen LogP contribution in [-0.4, -0.2) is 10.9 Å². The summed E-state index contributed by atoms with van der Waals surface area (Å²) in [5.41, 5.74) is 5.73. The van der Waals surface area contributed by atoms with Gasteiger partial charge in [-0.05, 0) is 0 Å². The lowest BCUT2D eigenvalue weighted by atomic mass is 10.0. The van der Waals surface area contributed by atoms with Gasteiger partial charge < -0.3 is 10.3 Å². The number of anilines is 1. The van der Waals surface area contributed by atoms with Gasteiger partial charge in [-0.2, -0.15) is 0 Å². The van der Waals surface area contributed by atoms with Crippen molar-refractivity contribution in [3.8, 4) is 0 Å². The van der Waals surface area contributed by atoms with E-state index in [-0.39, 0.29) is 17.5 Å². The highest BCUT2D eigenvalue weighted by molar-refractivity contribution is 6.00. The fraction of sp³-hybridized carbons (Fsp3) is 0.429. The van der Waals surface area contributed by atoms with Crippen molar-refractivity contribution >= 4 is 11.6 Å². The van der Waals surface area contributed by atoms with E-state index in [0.717, 1.165) is 0 Å². The van der Waals surface area contributed by atoms with E-state index < -0.39 is 0 Å². The zero-order valence-corrected chi connectivity index (χ0v) is 6.50. The zero-order chi connectivity index (χ0) is 8.43. The second-order valence-electron chi connectivity index (χ2n) is 2.63. The molecule has 11 heavy (non-hydrogen) atoms. The first kappa shape index (κ1) is 7.78. The van der Waals surface area contributed by atoms with Gasteiger partial charge >= 0.3 is 0 Å². The van der Waals surface area contributed by atoms with Crippen LogP contribution in [0.2, 0.25) is 0 Å². The van der Waals surface area contributed by atoms with E-state index >= 15 is 0 Å². The minimum absolute atomic E-state index is 0.0382. The maximum absolute atomic E-state index is 11.2. The molecular formula is C7H10N2O2. The molecule has 4 nitrogen and oxygen atoms in total. The molecule has 0 aliphatic carbocycles. The summed E-state index contributed by atoms with van der Waals surface area (Å²) >= 11 is 0. The summed E-state index contributed by atoms with van der Waals surface area (Å²) in [4.78, 5) is 11.2. The van der Waals surface area contributed by atoms with Crippen LogP contribution in [0.3, 0.4) is 0 Å². The molecule has 0 saturated heterocycles. The fourth-order valence-electron chi connectivity index (χ4n) is 0.741. The number of ketones is 1. The van der Waals surface area contributed by atoms with Gasteiger partial charge in [0.25, 0.3) is 0 Å². The fourth-order valence-corrected chi connectivity index (χ4v) is 0.741. The quantitative estimate of drug-likeness (QED) is 0.647. The predicted octanol–water partition coefficient (Wildman–Crippen LogP) is 1.10. The summed E-state index contributed by atoms with van der Waals surface area (Å²) in [5.74, 6) is 0.0594. The second kappa shape index (κ2) is 2.74. The van der Waals surface area contributed by atoms with Crippen LogP contribution in [0, 0.1) is 5.92 Å². The molecule has 0 aromatic carbocycles. The first-order chi connectivity index (χ1) is 5.13. The number of aromatic nitrogens is 1. The predicted molar refractivity (Wildman–Crippen MR) is 40.1 cm³/mol. The van der Waals surface area contributed by atoms with Gasteiger partial charge in [0, 0.05) is 5.92 Å². The number of nitrogens with zero attached hydrogens (tertiary/aromatic N) is 1. The number of rotatable bonds is 2. The Morgan fingerprint density at radius 1 is 1.73 bits per heavy atom. The number of hydrogen-bond acceptors (Lipinski definition) is 4. The van der Waals surface area contributed by atoms with Crippen LogP contribution in [-0.2, 0) is 0 Å². The Labute approximate surface area is 64.4 Å². The van der Waals surface area contributed by atoms with Crippen LogP contribution in [0.25, 0.3) is 0 Å². The minimum Gasteiger partial charge on any atom is -0.380 e. The summed E-state index contributed by atoms with van der Waals surface area (Å²) in [6.07, 6.45) is 1.28. The topological polar surface area (TPSA) is 69.1 Å². The SMILES string of the molecule is CC(C)C(=O)c1conc1N. The summed E-state index contributed by atoms with van der Waals surface area (Å²) in [6, 6.07) is 0. The summed E-state index contributed by atoms with van der Waals surface area (Å²) in [6.45, 7) is 3.60.